The van der Waals surface area contributed by atoms with Crippen molar-refractivity contribution in [2.45, 2.75) is 32.8 Å². The third-order valence-corrected chi connectivity index (χ3v) is 3.50. The molecule has 0 spiro atoms. The van der Waals surface area contributed by atoms with Crippen LogP contribution in [0.15, 0.2) is 16.7 Å². The molecular weight excluding hydrogens is 313 g/mol. The smallest absolute Gasteiger partial charge is 0.260 e. The Kier molecular flexibility index (Phi) is 5.45. The number of aromatic nitrogens is 2. The SMILES string of the molecule is CCCC(OCC)c1noc(-c2cc(Cl)cc(Cl)c2N)n1. The standard InChI is InChI=1S/C14H17Cl2N3O2/c1-3-5-11(20-4-2)13-18-14(21-19-13)9-6-8(15)7-10(16)12(9)17/h6-7,11H,3-5,17H2,1-2H3. The lowest BCUT2D eigenvalue weighted by molar-refractivity contribution is 0.0478. The van der Waals surface area contributed by atoms with Gasteiger partial charge in [-0.15, -0.1) is 0 Å². The zero-order valence-electron chi connectivity index (χ0n) is 11.9. The maximum atomic E-state index is 6.01. The largest absolute Gasteiger partial charge is 0.397 e. The fourth-order valence-corrected chi connectivity index (χ4v) is 2.48. The second-order valence-electron chi connectivity index (χ2n) is 4.54. The van der Waals surface area contributed by atoms with Crippen molar-refractivity contribution < 1.29 is 9.26 Å². The minimum absolute atomic E-state index is 0.187. The molecule has 5 nitrogen and oxygen atoms in total. The number of benzene rings is 1. The van der Waals surface area contributed by atoms with Crippen molar-refractivity contribution in [1.82, 2.24) is 10.1 Å². The molecule has 21 heavy (non-hydrogen) atoms. The molecule has 1 heterocycles. The third-order valence-electron chi connectivity index (χ3n) is 2.97. The average Bonchev–Trinajstić information content (AvgIpc) is 2.92. The van der Waals surface area contributed by atoms with Crippen molar-refractivity contribution in [3.05, 3.63) is 28.0 Å². The minimum Gasteiger partial charge on any atom is -0.397 e. The maximum Gasteiger partial charge on any atom is 0.260 e. The fourth-order valence-electron chi connectivity index (χ4n) is 1.99. The van der Waals surface area contributed by atoms with E-state index in [1.807, 2.05) is 6.92 Å². The van der Waals surface area contributed by atoms with Crippen LogP contribution in [-0.2, 0) is 4.74 Å². The molecule has 1 aromatic heterocycles. The summed E-state index contributed by atoms with van der Waals surface area (Å²) >= 11 is 12.0. The number of nitrogens with zero attached hydrogens (tertiary/aromatic N) is 2. The molecule has 2 N–H and O–H groups in total. The van der Waals surface area contributed by atoms with Crippen molar-refractivity contribution in [2.24, 2.45) is 0 Å². The number of halogens is 2. The highest BCUT2D eigenvalue weighted by Gasteiger charge is 2.20. The first-order chi connectivity index (χ1) is 10.1. The Morgan fingerprint density at radius 2 is 2.10 bits per heavy atom. The number of ether oxygens (including phenoxy) is 1. The first-order valence-electron chi connectivity index (χ1n) is 6.76. The summed E-state index contributed by atoms with van der Waals surface area (Å²) in [7, 11) is 0. The minimum atomic E-state index is -0.187. The van der Waals surface area contributed by atoms with Gasteiger partial charge in [-0.05, 0) is 25.5 Å². The van der Waals surface area contributed by atoms with E-state index in [1.54, 1.807) is 12.1 Å². The van der Waals surface area contributed by atoms with E-state index in [2.05, 4.69) is 17.1 Å². The predicted molar refractivity (Wildman–Crippen MR) is 83.4 cm³/mol. The Morgan fingerprint density at radius 1 is 1.33 bits per heavy atom. The molecule has 1 atom stereocenters. The van der Waals surface area contributed by atoms with Gasteiger partial charge in [-0.1, -0.05) is 41.7 Å². The van der Waals surface area contributed by atoms with E-state index in [1.165, 1.54) is 0 Å². The van der Waals surface area contributed by atoms with Crippen LogP contribution in [-0.4, -0.2) is 16.7 Å². The van der Waals surface area contributed by atoms with Gasteiger partial charge in [0.1, 0.15) is 6.10 Å². The van der Waals surface area contributed by atoms with Crippen LogP contribution in [0.1, 0.15) is 38.6 Å². The lowest BCUT2D eigenvalue weighted by Crippen LogP contribution is -2.06. The summed E-state index contributed by atoms with van der Waals surface area (Å²) in [6.07, 6.45) is 1.59. The van der Waals surface area contributed by atoms with Gasteiger partial charge in [-0.25, -0.2) is 0 Å². The molecule has 0 amide bonds. The quantitative estimate of drug-likeness (QED) is 0.789. The molecule has 2 aromatic rings. The van der Waals surface area contributed by atoms with E-state index < -0.39 is 0 Å². The van der Waals surface area contributed by atoms with Crippen LogP contribution in [0.5, 0.6) is 0 Å². The molecule has 0 aliphatic carbocycles. The molecule has 7 heteroatoms. The first kappa shape index (κ1) is 16.1. The lowest BCUT2D eigenvalue weighted by atomic mass is 10.1. The van der Waals surface area contributed by atoms with E-state index in [9.17, 15) is 0 Å². The van der Waals surface area contributed by atoms with Crippen LogP contribution in [0.2, 0.25) is 10.0 Å². The van der Waals surface area contributed by atoms with Crippen molar-refractivity contribution >= 4 is 28.9 Å². The van der Waals surface area contributed by atoms with Gasteiger partial charge in [0.2, 0.25) is 5.82 Å². The highest BCUT2D eigenvalue weighted by atomic mass is 35.5. The second-order valence-corrected chi connectivity index (χ2v) is 5.38. The summed E-state index contributed by atoms with van der Waals surface area (Å²) in [5, 5.41) is 4.79. The number of nitrogen functional groups attached to an aromatic ring is 1. The molecule has 0 fully saturated rings. The molecule has 0 bridgehead atoms. The summed E-state index contributed by atoms with van der Waals surface area (Å²) in [4.78, 5) is 4.36. The molecule has 0 aliphatic heterocycles. The highest BCUT2D eigenvalue weighted by molar-refractivity contribution is 6.37. The number of hydrogen-bond acceptors (Lipinski definition) is 5. The zero-order valence-corrected chi connectivity index (χ0v) is 13.4. The van der Waals surface area contributed by atoms with Gasteiger partial charge in [0.25, 0.3) is 5.89 Å². The summed E-state index contributed by atoms with van der Waals surface area (Å²) in [5.74, 6) is 0.789. The third kappa shape index (κ3) is 3.67. The Hall–Kier alpha value is -1.30. The van der Waals surface area contributed by atoms with Gasteiger partial charge in [-0.3, -0.25) is 0 Å². The number of anilines is 1. The van der Waals surface area contributed by atoms with Crippen LogP contribution in [0.25, 0.3) is 11.5 Å². The molecule has 0 radical (unpaired) electrons. The molecule has 1 aromatic carbocycles. The van der Waals surface area contributed by atoms with E-state index in [0.29, 0.717) is 33.7 Å². The van der Waals surface area contributed by atoms with Crippen LogP contribution in [0, 0.1) is 0 Å². The van der Waals surface area contributed by atoms with E-state index in [0.717, 1.165) is 12.8 Å². The summed E-state index contributed by atoms with van der Waals surface area (Å²) in [6, 6.07) is 3.22. The Labute approximate surface area is 133 Å². The van der Waals surface area contributed by atoms with Crippen LogP contribution >= 0.6 is 23.2 Å². The monoisotopic (exact) mass is 329 g/mol. The summed E-state index contributed by atoms with van der Waals surface area (Å²) in [5.41, 5.74) is 6.82. The molecule has 1 unspecified atom stereocenters. The molecule has 0 saturated carbocycles. The number of nitrogens with two attached hydrogens (primary N) is 1. The first-order valence-corrected chi connectivity index (χ1v) is 7.52. The van der Waals surface area contributed by atoms with Crippen LogP contribution in [0.3, 0.4) is 0 Å². The van der Waals surface area contributed by atoms with Crippen molar-refractivity contribution in [1.29, 1.82) is 0 Å². The molecular formula is C14H17Cl2N3O2. The Morgan fingerprint density at radius 3 is 2.76 bits per heavy atom. The van der Waals surface area contributed by atoms with Gasteiger partial charge < -0.3 is 15.0 Å². The van der Waals surface area contributed by atoms with Crippen molar-refractivity contribution in [3.63, 3.8) is 0 Å². The Bertz CT molecular complexity index is 610. The van der Waals surface area contributed by atoms with E-state index in [4.69, 9.17) is 38.2 Å². The van der Waals surface area contributed by atoms with Crippen LogP contribution < -0.4 is 5.73 Å². The molecule has 0 aliphatic rings. The van der Waals surface area contributed by atoms with E-state index >= 15 is 0 Å². The average molecular weight is 330 g/mol. The highest BCUT2D eigenvalue weighted by Crippen LogP contribution is 2.34. The molecule has 2 rings (SSSR count). The summed E-state index contributed by atoms with van der Waals surface area (Å²) < 4.78 is 10.9. The zero-order chi connectivity index (χ0) is 15.4. The molecule has 114 valence electrons. The van der Waals surface area contributed by atoms with Crippen molar-refractivity contribution in [3.8, 4) is 11.5 Å². The summed E-state index contributed by atoms with van der Waals surface area (Å²) in [6.45, 7) is 4.58. The van der Waals surface area contributed by atoms with Crippen LogP contribution in [0.4, 0.5) is 5.69 Å². The van der Waals surface area contributed by atoms with Crippen molar-refractivity contribution in [2.75, 3.05) is 12.3 Å². The maximum absolute atomic E-state index is 6.01. The van der Waals surface area contributed by atoms with Gasteiger partial charge in [0.05, 0.1) is 16.3 Å². The fraction of sp³-hybridized carbons (Fsp3) is 0.429. The molecule has 0 saturated heterocycles. The lowest BCUT2D eigenvalue weighted by Gasteiger charge is -2.11. The van der Waals surface area contributed by atoms with Gasteiger partial charge in [0, 0.05) is 11.6 Å². The predicted octanol–water partition coefficient (Wildman–Crippen LogP) is 4.50. The topological polar surface area (TPSA) is 74.2 Å². The van der Waals surface area contributed by atoms with E-state index in [-0.39, 0.29) is 12.0 Å². The second kappa shape index (κ2) is 7.11. The normalized spacial score (nSPS) is 12.6. The number of hydrogen-bond donors (Lipinski definition) is 1. The van der Waals surface area contributed by atoms with Gasteiger partial charge >= 0.3 is 0 Å². The van der Waals surface area contributed by atoms with Gasteiger partial charge in [0.15, 0.2) is 0 Å². The van der Waals surface area contributed by atoms with Gasteiger partial charge in [-0.2, -0.15) is 4.98 Å². The Balaban J connectivity index is 2.35. The number of rotatable bonds is 6.